The van der Waals surface area contributed by atoms with Gasteiger partial charge in [-0.1, -0.05) is 52.0 Å². The fourth-order valence-corrected chi connectivity index (χ4v) is 3.32. The minimum atomic E-state index is -0.138. The lowest BCUT2D eigenvalue weighted by Gasteiger charge is -2.08. The summed E-state index contributed by atoms with van der Waals surface area (Å²) in [6.07, 6.45) is 0. The lowest BCUT2D eigenvalue weighted by molar-refractivity contribution is 0.102. The Hall–Kier alpha value is -3.47. The summed E-state index contributed by atoms with van der Waals surface area (Å²) >= 11 is 0. The van der Waals surface area contributed by atoms with Gasteiger partial charge in [0.1, 0.15) is 11.0 Å². The number of anilines is 1. The Balaban J connectivity index is 1.54. The van der Waals surface area contributed by atoms with Crippen LogP contribution in [0.3, 0.4) is 0 Å². The average molecular weight is 399 g/mol. The van der Waals surface area contributed by atoms with Crippen molar-refractivity contribution in [2.75, 3.05) is 5.32 Å². The molecule has 30 heavy (non-hydrogen) atoms. The molecule has 0 radical (unpaired) electrons. The molecule has 0 spiro atoms. The highest BCUT2D eigenvalue weighted by Gasteiger charge is 2.10. The minimum absolute atomic E-state index is 0.138. The first-order valence-electron chi connectivity index (χ1n) is 10.3. The molecule has 0 aliphatic rings. The molecule has 0 bridgehead atoms. The molecule has 1 aromatic heterocycles. The van der Waals surface area contributed by atoms with Gasteiger partial charge in [-0.25, -0.2) is 0 Å². The van der Waals surface area contributed by atoms with Crippen molar-refractivity contribution in [3.63, 3.8) is 0 Å². The number of carbonyl (C=O) groups is 1. The smallest absolute Gasteiger partial charge is 0.255 e. The second kappa shape index (κ2) is 8.11. The number of benzene rings is 3. The van der Waals surface area contributed by atoms with Crippen LogP contribution in [0.5, 0.6) is 0 Å². The number of nitrogens with zero attached hydrogens (tertiary/aromatic N) is 3. The van der Waals surface area contributed by atoms with Crippen molar-refractivity contribution in [1.82, 2.24) is 15.0 Å². The highest BCUT2D eigenvalue weighted by atomic mass is 16.1. The molecular weight excluding hydrogens is 372 g/mol. The zero-order valence-corrected chi connectivity index (χ0v) is 17.8. The monoisotopic (exact) mass is 398 g/mol. The van der Waals surface area contributed by atoms with E-state index in [-0.39, 0.29) is 5.91 Å². The first kappa shape index (κ1) is 19.8. The van der Waals surface area contributed by atoms with Crippen LogP contribution in [0.1, 0.15) is 61.0 Å². The molecule has 4 rings (SSSR count). The van der Waals surface area contributed by atoms with Crippen LogP contribution in [0.2, 0.25) is 0 Å². The first-order chi connectivity index (χ1) is 14.4. The molecule has 4 aromatic rings. The zero-order valence-electron chi connectivity index (χ0n) is 17.8. The average Bonchev–Trinajstić information content (AvgIpc) is 3.17. The first-order valence-corrected chi connectivity index (χ1v) is 10.3. The number of hydrogen-bond acceptors (Lipinski definition) is 3. The Morgan fingerprint density at radius 3 is 1.93 bits per heavy atom. The van der Waals surface area contributed by atoms with E-state index in [4.69, 9.17) is 0 Å². The third-order valence-electron chi connectivity index (χ3n) is 5.27. The van der Waals surface area contributed by atoms with Crippen LogP contribution >= 0.6 is 0 Å². The Morgan fingerprint density at radius 2 is 1.33 bits per heavy atom. The van der Waals surface area contributed by atoms with Gasteiger partial charge >= 0.3 is 0 Å². The third-order valence-corrected chi connectivity index (χ3v) is 5.27. The Kier molecular flexibility index (Phi) is 5.36. The molecule has 0 atom stereocenters. The van der Waals surface area contributed by atoms with Crippen LogP contribution in [-0.4, -0.2) is 20.9 Å². The topological polar surface area (TPSA) is 59.8 Å². The van der Waals surface area contributed by atoms with Gasteiger partial charge in [0.05, 0.1) is 5.69 Å². The van der Waals surface area contributed by atoms with Crippen molar-refractivity contribution in [3.8, 4) is 5.69 Å². The van der Waals surface area contributed by atoms with Gasteiger partial charge in [-0.2, -0.15) is 4.80 Å². The van der Waals surface area contributed by atoms with Crippen LogP contribution in [0, 0.1) is 0 Å². The summed E-state index contributed by atoms with van der Waals surface area (Å²) in [4.78, 5) is 14.2. The van der Waals surface area contributed by atoms with Gasteiger partial charge in [0.25, 0.3) is 5.91 Å². The standard InChI is InChI=1S/C25H26N4O/c1-16(2)18-5-7-20(8-6-18)25(30)26-21-11-14-23-24(15-21)28-29(27-23)22-12-9-19(10-13-22)17(3)4/h5-17H,1-4H3,(H,26,30). The van der Waals surface area contributed by atoms with E-state index in [1.807, 2.05) is 54.6 Å². The van der Waals surface area contributed by atoms with E-state index in [2.05, 4.69) is 55.3 Å². The van der Waals surface area contributed by atoms with Crippen LogP contribution in [0.25, 0.3) is 16.7 Å². The summed E-state index contributed by atoms with van der Waals surface area (Å²) in [5.74, 6) is 0.784. The van der Waals surface area contributed by atoms with E-state index < -0.39 is 0 Å². The van der Waals surface area contributed by atoms with Gasteiger partial charge in [0.2, 0.25) is 0 Å². The molecule has 3 aromatic carbocycles. The lowest BCUT2D eigenvalue weighted by Crippen LogP contribution is -2.11. The molecule has 1 N–H and O–H groups in total. The number of amides is 1. The van der Waals surface area contributed by atoms with E-state index in [9.17, 15) is 4.79 Å². The van der Waals surface area contributed by atoms with Gasteiger partial charge in [-0.05, 0) is 65.4 Å². The second-order valence-electron chi connectivity index (χ2n) is 8.17. The van der Waals surface area contributed by atoms with Crippen LogP contribution in [-0.2, 0) is 0 Å². The van der Waals surface area contributed by atoms with Gasteiger partial charge in [-0.15, -0.1) is 10.2 Å². The molecule has 5 nitrogen and oxygen atoms in total. The Labute approximate surface area is 176 Å². The summed E-state index contributed by atoms with van der Waals surface area (Å²) in [7, 11) is 0. The molecule has 0 saturated carbocycles. The van der Waals surface area contributed by atoms with Crippen molar-refractivity contribution in [1.29, 1.82) is 0 Å². The maximum Gasteiger partial charge on any atom is 0.255 e. The van der Waals surface area contributed by atoms with Crippen LogP contribution in [0.15, 0.2) is 66.7 Å². The van der Waals surface area contributed by atoms with Gasteiger partial charge in [0.15, 0.2) is 0 Å². The normalized spacial score (nSPS) is 11.4. The number of aromatic nitrogens is 3. The molecule has 0 fully saturated rings. The number of rotatable bonds is 5. The lowest BCUT2D eigenvalue weighted by atomic mass is 10.0. The number of fused-ring (bicyclic) bond motifs is 1. The quantitative estimate of drug-likeness (QED) is 0.454. The Bertz CT molecular complexity index is 1170. The summed E-state index contributed by atoms with van der Waals surface area (Å²) in [5.41, 5.74) is 6.24. The van der Waals surface area contributed by atoms with E-state index in [1.165, 1.54) is 11.1 Å². The number of hydrogen-bond donors (Lipinski definition) is 1. The van der Waals surface area contributed by atoms with Gasteiger partial charge < -0.3 is 5.32 Å². The Morgan fingerprint density at radius 1 is 0.767 bits per heavy atom. The molecule has 1 amide bonds. The van der Waals surface area contributed by atoms with Crippen molar-refractivity contribution in [3.05, 3.63) is 83.4 Å². The molecule has 0 saturated heterocycles. The predicted octanol–water partition coefficient (Wildman–Crippen LogP) is 5.92. The second-order valence-corrected chi connectivity index (χ2v) is 8.17. The summed E-state index contributed by atoms with van der Waals surface area (Å²) < 4.78 is 0. The highest BCUT2D eigenvalue weighted by Crippen LogP contribution is 2.21. The van der Waals surface area contributed by atoms with Crippen LogP contribution < -0.4 is 5.32 Å². The maximum atomic E-state index is 12.6. The third kappa shape index (κ3) is 4.10. The minimum Gasteiger partial charge on any atom is -0.322 e. The summed E-state index contributed by atoms with van der Waals surface area (Å²) in [5, 5.41) is 12.1. The zero-order chi connectivity index (χ0) is 21.3. The SMILES string of the molecule is CC(C)c1ccc(C(=O)Nc2ccc3nn(-c4ccc(C(C)C)cc4)nc3c2)cc1. The van der Waals surface area contributed by atoms with E-state index in [0.717, 1.165) is 16.7 Å². The molecule has 0 aliphatic heterocycles. The summed E-state index contributed by atoms with van der Waals surface area (Å²) in [6, 6.07) is 21.5. The van der Waals surface area contributed by atoms with Crippen LogP contribution in [0.4, 0.5) is 5.69 Å². The fourth-order valence-electron chi connectivity index (χ4n) is 3.32. The largest absolute Gasteiger partial charge is 0.322 e. The molecular formula is C25H26N4O. The van der Waals surface area contributed by atoms with E-state index in [0.29, 0.717) is 23.1 Å². The molecule has 0 aliphatic carbocycles. The van der Waals surface area contributed by atoms with Gasteiger partial charge in [0, 0.05) is 11.3 Å². The molecule has 152 valence electrons. The molecule has 1 heterocycles. The highest BCUT2D eigenvalue weighted by molar-refractivity contribution is 6.04. The van der Waals surface area contributed by atoms with E-state index in [1.54, 1.807) is 4.80 Å². The molecule has 5 heteroatoms. The van der Waals surface area contributed by atoms with E-state index >= 15 is 0 Å². The predicted molar refractivity (Wildman–Crippen MR) is 121 cm³/mol. The fraction of sp³-hybridized carbons (Fsp3) is 0.240. The molecule has 0 unspecified atom stereocenters. The summed E-state index contributed by atoms with van der Waals surface area (Å²) in [6.45, 7) is 8.61. The van der Waals surface area contributed by atoms with Crippen molar-refractivity contribution in [2.45, 2.75) is 39.5 Å². The maximum absolute atomic E-state index is 12.6. The van der Waals surface area contributed by atoms with Crippen molar-refractivity contribution < 1.29 is 4.79 Å². The van der Waals surface area contributed by atoms with Crippen molar-refractivity contribution in [2.24, 2.45) is 0 Å². The number of carbonyl (C=O) groups excluding carboxylic acids is 1. The number of nitrogens with one attached hydrogen (secondary N) is 1. The van der Waals surface area contributed by atoms with Gasteiger partial charge in [-0.3, -0.25) is 4.79 Å². The van der Waals surface area contributed by atoms with Crippen molar-refractivity contribution >= 4 is 22.6 Å².